The highest BCUT2D eigenvalue weighted by molar-refractivity contribution is 6.32. The molecular weight excluding hydrogens is 434 g/mol. The van der Waals surface area contributed by atoms with Gasteiger partial charge in [-0.15, -0.1) is 0 Å². The van der Waals surface area contributed by atoms with E-state index in [1.54, 1.807) is 0 Å². The van der Waals surface area contributed by atoms with Gasteiger partial charge in [0.15, 0.2) is 0 Å². The molecule has 1 aliphatic heterocycles. The van der Waals surface area contributed by atoms with Gasteiger partial charge in [0.1, 0.15) is 0 Å². The summed E-state index contributed by atoms with van der Waals surface area (Å²) in [5, 5.41) is 1.60. The zero-order valence-corrected chi connectivity index (χ0v) is 19.4. The maximum absolute atomic E-state index is 13.8. The van der Waals surface area contributed by atoms with Crippen molar-refractivity contribution >= 4 is 46.0 Å². The number of hydrogen-bond donors (Lipinski definition) is 0. The summed E-state index contributed by atoms with van der Waals surface area (Å²) < 4.78 is 0. The minimum absolute atomic E-state index is 0.0347. The third-order valence-corrected chi connectivity index (χ3v) is 6.96. The van der Waals surface area contributed by atoms with Crippen molar-refractivity contribution in [2.45, 2.75) is 26.2 Å². The molecule has 5 nitrogen and oxygen atoms in total. The molecule has 168 valence electrons. The Labute approximate surface area is 198 Å². The average Bonchev–Trinajstić information content (AvgIpc) is 3.25. The standard InChI is InChI=1S/C27H26ClN3O2/c1-2-24(32)30-13-15-31(16-14-30)27(33)25-20-8-4-6-10-23(20)29-26-19(11-12-21(25)26)17-18-7-3-5-9-22(18)28/h3-10,17H,2,11-16H2,1H3/b19-17+. The molecule has 1 aromatic heterocycles. The SMILES string of the molecule is CCC(=O)N1CCN(C(=O)c2c3c(nc4ccccc24)/C(=C/c2ccccc2Cl)CC3)CC1. The van der Waals surface area contributed by atoms with Gasteiger partial charge in [0.25, 0.3) is 5.91 Å². The third kappa shape index (κ3) is 4.02. The van der Waals surface area contributed by atoms with Crippen LogP contribution in [0.2, 0.25) is 5.02 Å². The predicted octanol–water partition coefficient (Wildman–Crippen LogP) is 5.07. The fraction of sp³-hybridized carbons (Fsp3) is 0.296. The van der Waals surface area contributed by atoms with Crippen molar-refractivity contribution in [1.29, 1.82) is 0 Å². The van der Waals surface area contributed by atoms with Gasteiger partial charge in [-0.2, -0.15) is 0 Å². The van der Waals surface area contributed by atoms with Crippen molar-refractivity contribution in [3.8, 4) is 0 Å². The van der Waals surface area contributed by atoms with Gasteiger partial charge >= 0.3 is 0 Å². The summed E-state index contributed by atoms with van der Waals surface area (Å²) in [5.41, 5.74) is 5.57. The van der Waals surface area contributed by atoms with Crippen LogP contribution in [0.5, 0.6) is 0 Å². The summed E-state index contributed by atoms with van der Waals surface area (Å²) in [5.74, 6) is 0.180. The van der Waals surface area contributed by atoms with Crippen LogP contribution in [0.1, 0.15) is 46.9 Å². The summed E-state index contributed by atoms with van der Waals surface area (Å²) in [6.45, 7) is 4.15. The topological polar surface area (TPSA) is 53.5 Å². The lowest BCUT2D eigenvalue weighted by atomic mass is 9.99. The van der Waals surface area contributed by atoms with Gasteiger partial charge in [-0.25, -0.2) is 4.98 Å². The number of para-hydroxylation sites is 1. The van der Waals surface area contributed by atoms with Crippen molar-refractivity contribution in [1.82, 2.24) is 14.8 Å². The molecule has 0 unspecified atom stereocenters. The van der Waals surface area contributed by atoms with Crippen LogP contribution in [0.25, 0.3) is 22.6 Å². The second-order valence-corrected chi connectivity index (χ2v) is 8.96. The van der Waals surface area contributed by atoms with E-state index in [0.29, 0.717) is 37.6 Å². The molecule has 2 heterocycles. The fourth-order valence-electron chi connectivity index (χ4n) is 4.84. The van der Waals surface area contributed by atoms with Crippen molar-refractivity contribution in [3.05, 3.63) is 75.9 Å². The van der Waals surface area contributed by atoms with E-state index in [9.17, 15) is 9.59 Å². The Bertz CT molecular complexity index is 1280. The Hall–Kier alpha value is -3.18. The first-order valence-electron chi connectivity index (χ1n) is 11.5. The zero-order valence-electron chi connectivity index (χ0n) is 18.7. The molecule has 0 saturated carbocycles. The summed E-state index contributed by atoms with van der Waals surface area (Å²) in [4.78, 5) is 34.5. The van der Waals surface area contributed by atoms with E-state index in [0.717, 1.165) is 51.7 Å². The number of fused-ring (bicyclic) bond motifs is 2. The van der Waals surface area contributed by atoms with Crippen molar-refractivity contribution in [2.75, 3.05) is 26.2 Å². The number of pyridine rings is 1. The number of hydrogen-bond acceptors (Lipinski definition) is 3. The van der Waals surface area contributed by atoms with Gasteiger partial charge in [0, 0.05) is 43.0 Å². The molecule has 1 saturated heterocycles. The van der Waals surface area contributed by atoms with Gasteiger partial charge < -0.3 is 9.80 Å². The average molecular weight is 460 g/mol. The van der Waals surface area contributed by atoms with E-state index in [4.69, 9.17) is 16.6 Å². The lowest BCUT2D eigenvalue weighted by molar-refractivity contribution is -0.132. The third-order valence-electron chi connectivity index (χ3n) is 6.61. The number of benzene rings is 2. The second-order valence-electron chi connectivity index (χ2n) is 8.55. The van der Waals surface area contributed by atoms with Crippen molar-refractivity contribution in [3.63, 3.8) is 0 Å². The molecule has 5 rings (SSSR count). The van der Waals surface area contributed by atoms with Crippen LogP contribution in [0.15, 0.2) is 48.5 Å². The first-order chi connectivity index (χ1) is 16.1. The highest BCUT2D eigenvalue weighted by atomic mass is 35.5. The van der Waals surface area contributed by atoms with E-state index < -0.39 is 0 Å². The van der Waals surface area contributed by atoms with Gasteiger partial charge in [0.05, 0.1) is 16.8 Å². The molecule has 0 bridgehead atoms. The Morgan fingerprint density at radius 2 is 1.67 bits per heavy atom. The Morgan fingerprint density at radius 1 is 0.970 bits per heavy atom. The molecule has 0 spiro atoms. The normalized spacial score (nSPS) is 17.0. The minimum Gasteiger partial charge on any atom is -0.339 e. The van der Waals surface area contributed by atoms with Gasteiger partial charge in [0.2, 0.25) is 5.91 Å². The van der Waals surface area contributed by atoms with Crippen molar-refractivity contribution in [2.24, 2.45) is 0 Å². The lowest BCUT2D eigenvalue weighted by Gasteiger charge is -2.35. The monoisotopic (exact) mass is 459 g/mol. The molecule has 2 aromatic carbocycles. The first-order valence-corrected chi connectivity index (χ1v) is 11.9. The minimum atomic E-state index is 0.0347. The number of rotatable bonds is 3. The number of carbonyl (C=O) groups is 2. The highest BCUT2D eigenvalue weighted by Gasteiger charge is 2.31. The zero-order chi connectivity index (χ0) is 22.9. The van der Waals surface area contributed by atoms with Crippen molar-refractivity contribution < 1.29 is 9.59 Å². The quantitative estimate of drug-likeness (QED) is 0.549. The van der Waals surface area contributed by atoms with Crippen LogP contribution >= 0.6 is 11.6 Å². The smallest absolute Gasteiger partial charge is 0.255 e. The molecule has 0 N–H and O–H groups in total. The molecular formula is C27H26ClN3O2. The van der Waals surface area contributed by atoms with Crippen LogP contribution in [-0.4, -0.2) is 52.8 Å². The van der Waals surface area contributed by atoms with Crippen LogP contribution in [0.4, 0.5) is 0 Å². The Morgan fingerprint density at radius 3 is 2.42 bits per heavy atom. The molecule has 0 atom stereocenters. The molecule has 2 aliphatic rings. The first kappa shape index (κ1) is 21.7. The fourth-order valence-corrected chi connectivity index (χ4v) is 5.03. The number of halogens is 1. The largest absolute Gasteiger partial charge is 0.339 e. The van der Waals surface area contributed by atoms with E-state index in [1.165, 1.54) is 0 Å². The Kier molecular flexibility index (Phi) is 5.90. The highest BCUT2D eigenvalue weighted by Crippen LogP contribution is 2.38. The van der Waals surface area contributed by atoms with E-state index in [1.807, 2.05) is 65.3 Å². The summed E-state index contributed by atoms with van der Waals surface area (Å²) >= 11 is 6.40. The number of aromatic nitrogens is 1. The lowest BCUT2D eigenvalue weighted by Crippen LogP contribution is -2.50. The van der Waals surface area contributed by atoms with Crippen LogP contribution in [0, 0.1) is 0 Å². The van der Waals surface area contributed by atoms with Crippen LogP contribution in [0.3, 0.4) is 0 Å². The van der Waals surface area contributed by atoms with Crippen LogP contribution in [-0.2, 0) is 11.2 Å². The molecule has 1 fully saturated rings. The number of nitrogens with zero attached hydrogens (tertiary/aromatic N) is 3. The van der Waals surface area contributed by atoms with Gasteiger partial charge in [-0.05, 0) is 47.8 Å². The maximum atomic E-state index is 13.8. The number of carbonyl (C=O) groups excluding carboxylic acids is 2. The van der Waals surface area contributed by atoms with Crippen LogP contribution < -0.4 is 0 Å². The summed E-state index contributed by atoms with van der Waals surface area (Å²) in [6.07, 6.45) is 4.19. The van der Waals surface area contributed by atoms with Gasteiger partial charge in [-0.1, -0.05) is 54.9 Å². The van der Waals surface area contributed by atoms with Gasteiger partial charge in [-0.3, -0.25) is 9.59 Å². The number of amides is 2. The van der Waals surface area contributed by atoms with E-state index in [-0.39, 0.29) is 11.8 Å². The Balaban J connectivity index is 1.54. The van der Waals surface area contributed by atoms with E-state index in [2.05, 4.69) is 6.08 Å². The number of piperazine rings is 1. The molecule has 2 amide bonds. The summed E-state index contributed by atoms with van der Waals surface area (Å²) in [7, 11) is 0. The van der Waals surface area contributed by atoms with E-state index >= 15 is 0 Å². The molecule has 1 aliphatic carbocycles. The predicted molar refractivity (Wildman–Crippen MR) is 132 cm³/mol. The number of allylic oxidation sites excluding steroid dienone is 1. The summed E-state index contributed by atoms with van der Waals surface area (Å²) in [6, 6.07) is 15.6. The maximum Gasteiger partial charge on any atom is 0.255 e. The molecule has 0 radical (unpaired) electrons. The second kappa shape index (κ2) is 8.99. The molecule has 6 heteroatoms. The molecule has 3 aromatic rings. The molecule has 33 heavy (non-hydrogen) atoms.